The van der Waals surface area contributed by atoms with Crippen LogP contribution < -0.4 is 4.90 Å². The van der Waals surface area contributed by atoms with E-state index in [0.717, 1.165) is 22.7 Å². The number of anilines is 3. The van der Waals surface area contributed by atoms with Crippen molar-refractivity contribution in [3.8, 4) is 61.3 Å². The zero-order valence-electron chi connectivity index (χ0n) is 40.0. The zero-order chi connectivity index (χ0) is 48.0. The highest BCUT2D eigenvalue weighted by Gasteiger charge is 2.53. The highest BCUT2D eigenvalue weighted by molar-refractivity contribution is 6.11. The molecule has 0 amide bonds. The van der Waals surface area contributed by atoms with Crippen LogP contribution in [0.15, 0.2) is 279 Å². The van der Waals surface area contributed by atoms with E-state index in [2.05, 4.69) is 289 Å². The van der Waals surface area contributed by atoms with Crippen LogP contribution in [0.4, 0.5) is 17.1 Å². The minimum absolute atomic E-state index is 0.581. The lowest BCUT2D eigenvalue weighted by molar-refractivity contribution is 0.794. The summed E-state index contributed by atoms with van der Waals surface area (Å²) in [6, 6.07) is 103. The van der Waals surface area contributed by atoms with E-state index >= 15 is 0 Å². The Bertz CT molecular complexity index is 4160. The topological polar surface area (TPSA) is 8.17 Å². The van der Waals surface area contributed by atoms with E-state index in [0.29, 0.717) is 0 Å². The van der Waals surface area contributed by atoms with Crippen LogP contribution in [-0.2, 0) is 5.41 Å². The molecule has 340 valence electrons. The maximum atomic E-state index is 2.52. The van der Waals surface area contributed by atoms with Crippen molar-refractivity contribution in [2.75, 3.05) is 4.90 Å². The summed E-state index contributed by atoms with van der Waals surface area (Å²) in [6.07, 6.45) is 0. The molecule has 0 atom stereocenters. The van der Waals surface area contributed by atoms with Crippen molar-refractivity contribution in [2.45, 2.75) is 5.41 Å². The molecular formula is C71H46N2. The molecule has 12 aromatic carbocycles. The van der Waals surface area contributed by atoms with Crippen LogP contribution in [0.5, 0.6) is 0 Å². The first-order valence-corrected chi connectivity index (χ1v) is 25.3. The molecule has 2 heteroatoms. The molecule has 0 saturated heterocycles. The summed E-state index contributed by atoms with van der Waals surface area (Å²) in [5, 5.41) is 4.92. The van der Waals surface area contributed by atoms with Crippen LogP contribution in [0.2, 0.25) is 0 Å². The van der Waals surface area contributed by atoms with Gasteiger partial charge >= 0.3 is 0 Å². The standard InChI is InChI=1S/C71H46N2/c1-4-19-47(20-5-1)50-37-41-56-57-42-38-51(48-21-6-2-7-22-48)46-65(57)71(64(56)45-50)62-30-15-12-29-61(62)70-63(71)31-18-34-69(70)73(52-23-8-3-9-24-52)68-44-43-54(55-25-10-11-26-58(55)68)49-35-39-53(40-36-49)72-66-32-16-13-27-59(66)60-28-14-17-33-67(60)72/h1-46H. The Morgan fingerprint density at radius 2 is 0.767 bits per heavy atom. The second kappa shape index (κ2) is 16.3. The Labute approximate surface area is 425 Å². The summed E-state index contributed by atoms with van der Waals surface area (Å²) >= 11 is 0. The quantitative estimate of drug-likeness (QED) is 0.155. The molecule has 0 bridgehead atoms. The number of para-hydroxylation sites is 3. The molecule has 2 aliphatic carbocycles. The van der Waals surface area contributed by atoms with Gasteiger partial charge in [-0.1, -0.05) is 218 Å². The van der Waals surface area contributed by atoms with Crippen LogP contribution >= 0.6 is 0 Å². The molecule has 73 heavy (non-hydrogen) atoms. The normalized spacial score (nSPS) is 12.8. The van der Waals surface area contributed by atoms with Gasteiger partial charge in [0.25, 0.3) is 0 Å². The van der Waals surface area contributed by atoms with Gasteiger partial charge in [-0.15, -0.1) is 0 Å². The molecular weight excluding hydrogens is 881 g/mol. The lowest BCUT2D eigenvalue weighted by atomic mass is 9.70. The second-order valence-corrected chi connectivity index (χ2v) is 19.5. The molecule has 13 aromatic rings. The van der Waals surface area contributed by atoms with Crippen LogP contribution in [0, 0.1) is 0 Å². The zero-order valence-corrected chi connectivity index (χ0v) is 40.0. The fraction of sp³-hybridized carbons (Fsp3) is 0.0141. The summed E-state index contributed by atoms with van der Waals surface area (Å²) in [5.41, 5.74) is 23.9. The third-order valence-electron chi connectivity index (χ3n) is 15.8. The van der Waals surface area contributed by atoms with Gasteiger partial charge in [0.2, 0.25) is 0 Å². The Balaban J connectivity index is 0.938. The molecule has 2 nitrogen and oxygen atoms in total. The molecule has 0 N–H and O–H groups in total. The predicted octanol–water partition coefficient (Wildman–Crippen LogP) is 18.8. The van der Waals surface area contributed by atoms with Crippen molar-refractivity contribution < 1.29 is 0 Å². The van der Waals surface area contributed by atoms with Gasteiger partial charge in [0, 0.05) is 33.1 Å². The van der Waals surface area contributed by atoms with Crippen LogP contribution in [0.1, 0.15) is 22.3 Å². The van der Waals surface area contributed by atoms with Crippen molar-refractivity contribution in [1.29, 1.82) is 0 Å². The molecule has 0 aliphatic heterocycles. The fourth-order valence-electron chi connectivity index (χ4n) is 12.7. The average molecular weight is 927 g/mol. The van der Waals surface area contributed by atoms with E-state index < -0.39 is 5.41 Å². The van der Waals surface area contributed by atoms with E-state index in [9.17, 15) is 0 Å². The highest BCUT2D eigenvalue weighted by atomic mass is 15.1. The first-order valence-electron chi connectivity index (χ1n) is 25.3. The number of nitrogens with zero attached hydrogens (tertiary/aromatic N) is 2. The van der Waals surface area contributed by atoms with Gasteiger partial charge in [-0.05, 0) is 138 Å². The van der Waals surface area contributed by atoms with Gasteiger partial charge in [0.15, 0.2) is 0 Å². The van der Waals surface area contributed by atoms with Gasteiger partial charge in [0.05, 0.1) is 27.8 Å². The number of benzene rings is 12. The highest BCUT2D eigenvalue weighted by Crippen LogP contribution is 2.65. The Hall–Kier alpha value is -9.50. The largest absolute Gasteiger partial charge is 0.309 e. The van der Waals surface area contributed by atoms with Crippen LogP contribution in [0.3, 0.4) is 0 Å². The van der Waals surface area contributed by atoms with E-state index in [1.807, 2.05) is 0 Å². The molecule has 0 radical (unpaired) electrons. The van der Waals surface area contributed by atoms with Crippen LogP contribution in [0.25, 0.3) is 93.9 Å². The van der Waals surface area contributed by atoms with Crippen LogP contribution in [-0.4, -0.2) is 4.57 Å². The van der Waals surface area contributed by atoms with E-state index in [1.54, 1.807) is 0 Å². The molecule has 0 saturated carbocycles. The summed E-state index contributed by atoms with van der Waals surface area (Å²) in [4.78, 5) is 2.52. The predicted molar refractivity (Wildman–Crippen MR) is 306 cm³/mol. The maximum absolute atomic E-state index is 2.52. The summed E-state index contributed by atoms with van der Waals surface area (Å²) in [7, 11) is 0. The number of rotatable bonds is 7. The van der Waals surface area contributed by atoms with E-state index in [1.165, 1.54) is 110 Å². The third-order valence-corrected chi connectivity index (χ3v) is 15.8. The van der Waals surface area contributed by atoms with Gasteiger partial charge < -0.3 is 9.47 Å². The van der Waals surface area contributed by atoms with E-state index in [4.69, 9.17) is 0 Å². The number of aromatic nitrogens is 1. The van der Waals surface area contributed by atoms with Crippen molar-refractivity contribution in [2.24, 2.45) is 0 Å². The smallest absolute Gasteiger partial charge is 0.0726 e. The average Bonchev–Trinajstić information content (AvgIpc) is 4.17. The first kappa shape index (κ1) is 41.3. The SMILES string of the molecule is c1ccc(-c2ccc3c(c2)C2(c4cc(-c5ccccc5)ccc4-3)c3ccccc3-c3c(N(c4ccccc4)c4ccc(-c5ccc(-n6c7ccccc7c7ccccc76)cc5)c5ccccc45)cccc32)cc1. The van der Waals surface area contributed by atoms with Gasteiger partial charge in [-0.2, -0.15) is 0 Å². The van der Waals surface area contributed by atoms with Crippen molar-refractivity contribution in [3.05, 3.63) is 301 Å². The summed E-state index contributed by atoms with van der Waals surface area (Å²) < 4.78 is 2.39. The molecule has 15 rings (SSSR count). The lowest BCUT2D eigenvalue weighted by Crippen LogP contribution is -2.26. The first-order chi connectivity index (χ1) is 36.2. The monoisotopic (exact) mass is 926 g/mol. The van der Waals surface area contributed by atoms with Crippen molar-refractivity contribution in [1.82, 2.24) is 4.57 Å². The molecule has 0 fully saturated rings. The van der Waals surface area contributed by atoms with Gasteiger partial charge in [-0.25, -0.2) is 0 Å². The van der Waals surface area contributed by atoms with Gasteiger partial charge in [0.1, 0.15) is 0 Å². The van der Waals surface area contributed by atoms with E-state index in [-0.39, 0.29) is 0 Å². The van der Waals surface area contributed by atoms with Crippen molar-refractivity contribution in [3.63, 3.8) is 0 Å². The summed E-state index contributed by atoms with van der Waals surface area (Å²) in [6.45, 7) is 0. The summed E-state index contributed by atoms with van der Waals surface area (Å²) in [5.74, 6) is 0. The molecule has 1 spiro atoms. The minimum Gasteiger partial charge on any atom is -0.309 e. The number of hydrogen-bond donors (Lipinski definition) is 0. The third kappa shape index (κ3) is 6.11. The molecule has 2 aliphatic rings. The number of hydrogen-bond acceptors (Lipinski definition) is 1. The lowest BCUT2D eigenvalue weighted by Gasteiger charge is -2.32. The number of fused-ring (bicyclic) bond motifs is 14. The minimum atomic E-state index is -0.581. The Kier molecular flexibility index (Phi) is 9.21. The van der Waals surface area contributed by atoms with Crippen molar-refractivity contribution >= 4 is 49.6 Å². The molecule has 0 unspecified atom stereocenters. The maximum Gasteiger partial charge on any atom is 0.0726 e. The second-order valence-electron chi connectivity index (χ2n) is 19.5. The molecule has 1 heterocycles. The Morgan fingerprint density at radius 3 is 1.40 bits per heavy atom. The Morgan fingerprint density at radius 1 is 0.274 bits per heavy atom. The fourth-order valence-corrected chi connectivity index (χ4v) is 12.7. The van der Waals surface area contributed by atoms with Gasteiger partial charge in [-0.3, -0.25) is 0 Å². The molecule has 1 aromatic heterocycles.